The van der Waals surface area contributed by atoms with Crippen LogP contribution >= 0.6 is 15.9 Å². The second kappa shape index (κ2) is 5.37. The molecular weight excluding hydrogens is 232 g/mol. The summed E-state index contributed by atoms with van der Waals surface area (Å²) in [5.74, 6) is 0. The smallest absolute Gasteiger partial charge is 0.0471 e. The summed E-state index contributed by atoms with van der Waals surface area (Å²) in [6, 6.07) is 5.92. The Hall–Kier alpha value is -0.380. The summed E-state index contributed by atoms with van der Waals surface area (Å²) in [7, 11) is 0. The van der Waals surface area contributed by atoms with Crippen molar-refractivity contribution in [2.45, 2.75) is 12.8 Å². The first-order chi connectivity index (χ1) is 6.27. The molecule has 2 N–H and O–H groups in total. The zero-order chi connectivity index (χ0) is 9.68. The fraction of sp³-hybridized carbons (Fsp3) is 0.400. The van der Waals surface area contributed by atoms with E-state index in [2.05, 4.69) is 15.9 Å². The predicted octanol–water partition coefficient (Wildman–Crippen LogP) is 1.52. The molecule has 2 nitrogen and oxygen atoms in total. The van der Waals surface area contributed by atoms with Crippen LogP contribution in [0.15, 0.2) is 22.7 Å². The maximum absolute atomic E-state index is 8.83. The molecule has 0 saturated carbocycles. The molecule has 0 spiro atoms. The molecule has 0 unspecified atom stereocenters. The molecule has 0 saturated heterocycles. The number of hydrogen-bond donors (Lipinski definition) is 2. The lowest BCUT2D eigenvalue weighted by Crippen LogP contribution is -2.00. The minimum absolute atomic E-state index is 0.148. The molecule has 0 aliphatic heterocycles. The number of halogens is 1. The van der Waals surface area contributed by atoms with Gasteiger partial charge in [0.2, 0.25) is 0 Å². The van der Waals surface area contributed by atoms with E-state index in [1.807, 2.05) is 18.2 Å². The van der Waals surface area contributed by atoms with Crippen molar-refractivity contribution in [3.63, 3.8) is 0 Å². The lowest BCUT2D eigenvalue weighted by atomic mass is 10.0. The van der Waals surface area contributed by atoms with E-state index >= 15 is 0 Å². The van der Waals surface area contributed by atoms with Crippen molar-refractivity contribution in [1.82, 2.24) is 0 Å². The summed E-state index contributed by atoms with van der Waals surface area (Å²) < 4.78 is 1.01. The fourth-order valence-corrected chi connectivity index (χ4v) is 1.72. The highest BCUT2D eigenvalue weighted by atomic mass is 79.9. The van der Waals surface area contributed by atoms with Crippen molar-refractivity contribution in [3.05, 3.63) is 33.8 Å². The summed E-state index contributed by atoms with van der Waals surface area (Å²) in [6.45, 7) is 0.301. The lowest BCUT2D eigenvalue weighted by molar-refractivity contribution is 0.293. The van der Waals surface area contributed by atoms with Crippen LogP contribution in [-0.4, -0.2) is 23.4 Å². The fourth-order valence-electron chi connectivity index (χ4n) is 1.31. The predicted molar refractivity (Wildman–Crippen MR) is 55.7 cm³/mol. The highest BCUT2D eigenvalue weighted by molar-refractivity contribution is 9.10. The second-order valence-electron chi connectivity index (χ2n) is 2.86. The first-order valence-corrected chi connectivity index (χ1v) is 5.06. The molecule has 0 bridgehead atoms. The molecule has 0 radical (unpaired) electrons. The number of hydrogen-bond acceptors (Lipinski definition) is 2. The summed E-state index contributed by atoms with van der Waals surface area (Å²) in [4.78, 5) is 0. The Kier molecular flexibility index (Phi) is 4.42. The maximum Gasteiger partial charge on any atom is 0.0471 e. The van der Waals surface area contributed by atoms with Crippen molar-refractivity contribution in [1.29, 1.82) is 0 Å². The van der Waals surface area contributed by atoms with Crippen molar-refractivity contribution in [2.24, 2.45) is 0 Å². The molecule has 72 valence electrons. The SMILES string of the molecule is OCCc1ccc(Br)cc1CCO. The Bertz CT molecular complexity index is 274. The van der Waals surface area contributed by atoms with Crippen LogP contribution in [0.2, 0.25) is 0 Å². The Morgan fingerprint density at radius 1 is 1.00 bits per heavy atom. The first kappa shape index (κ1) is 10.7. The average Bonchev–Trinajstić information content (AvgIpc) is 2.10. The highest BCUT2D eigenvalue weighted by Gasteiger charge is 2.01. The first-order valence-electron chi connectivity index (χ1n) is 4.27. The van der Waals surface area contributed by atoms with Gasteiger partial charge in [0.1, 0.15) is 0 Å². The Labute approximate surface area is 86.3 Å². The van der Waals surface area contributed by atoms with Gasteiger partial charge in [-0.2, -0.15) is 0 Å². The van der Waals surface area contributed by atoms with E-state index in [9.17, 15) is 0 Å². The van der Waals surface area contributed by atoms with Gasteiger partial charge in [0.25, 0.3) is 0 Å². The van der Waals surface area contributed by atoms with Gasteiger partial charge in [-0.15, -0.1) is 0 Å². The molecule has 3 heteroatoms. The van der Waals surface area contributed by atoms with Gasteiger partial charge in [-0.1, -0.05) is 22.0 Å². The molecule has 1 aromatic rings. The topological polar surface area (TPSA) is 40.5 Å². The zero-order valence-corrected chi connectivity index (χ0v) is 8.92. The van der Waals surface area contributed by atoms with Crippen LogP contribution in [-0.2, 0) is 12.8 Å². The van der Waals surface area contributed by atoms with E-state index in [1.165, 1.54) is 0 Å². The third-order valence-corrected chi connectivity index (χ3v) is 2.42. The average molecular weight is 245 g/mol. The maximum atomic E-state index is 8.83. The van der Waals surface area contributed by atoms with Crippen molar-refractivity contribution >= 4 is 15.9 Å². The minimum Gasteiger partial charge on any atom is -0.396 e. The van der Waals surface area contributed by atoms with Gasteiger partial charge in [0.15, 0.2) is 0 Å². The van der Waals surface area contributed by atoms with E-state index < -0.39 is 0 Å². The molecule has 1 aromatic carbocycles. The molecule has 0 amide bonds. The summed E-state index contributed by atoms with van der Waals surface area (Å²) in [5, 5.41) is 17.6. The van der Waals surface area contributed by atoms with Crippen LogP contribution in [0.5, 0.6) is 0 Å². The molecule has 0 heterocycles. The standard InChI is InChI=1S/C10H13BrO2/c11-10-2-1-8(3-5-12)9(7-10)4-6-13/h1-2,7,12-13H,3-6H2. The molecular formula is C10H13BrO2. The van der Waals surface area contributed by atoms with E-state index in [1.54, 1.807) is 0 Å². The van der Waals surface area contributed by atoms with Crippen molar-refractivity contribution in [2.75, 3.05) is 13.2 Å². The highest BCUT2D eigenvalue weighted by Crippen LogP contribution is 2.17. The Morgan fingerprint density at radius 3 is 2.23 bits per heavy atom. The van der Waals surface area contributed by atoms with Crippen LogP contribution in [0.1, 0.15) is 11.1 Å². The van der Waals surface area contributed by atoms with E-state index in [4.69, 9.17) is 10.2 Å². The van der Waals surface area contributed by atoms with Crippen LogP contribution < -0.4 is 0 Å². The molecule has 0 fully saturated rings. The van der Waals surface area contributed by atoms with Crippen LogP contribution in [0, 0.1) is 0 Å². The minimum atomic E-state index is 0.148. The van der Waals surface area contributed by atoms with Crippen molar-refractivity contribution in [3.8, 4) is 0 Å². The van der Waals surface area contributed by atoms with E-state index in [0.717, 1.165) is 15.6 Å². The van der Waals surface area contributed by atoms with Gasteiger partial charge >= 0.3 is 0 Å². The van der Waals surface area contributed by atoms with Gasteiger partial charge in [0, 0.05) is 17.7 Å². The molecule has 13 heavy (non-hydrogen) atoms. The second-order valence-corrected chi connectivity index (χ2v) is 3.78. The third kappa shape index (κ3) is 3.10. The van der Waals surface area contributed by atoms with Gasteiger partial charge < -0.3 is 10.2 Å². The molecule has 1 rings (SSSR count). The molecule has 0 aromatic heterocycles. The van der Waals surface area contributed by atoms with Crippen LogP contribution in [0.4, 0.5) is 0 Å². The number of benzene rings is 1. The summed E-state index contributed by atoms with van der Waals surface area (Å²) in [6.07, 6.45) is 1.30. The number of aliphatic hydroxyl groups is 2. The van der Waals surface area contributed by atoms with Gasteiger partial charge in [0.05, 0.1) is 0 Å². The van der Waals surface area contributed by atoms with Crippen LogP contribution in [0.3, 0.4) is 0 Å². The lowest BCUT2D eigenvalue weighted by Gasteiger charge is -2.07. The summed E-state index contributed by atoms with van der Waals surface area (Å²) >= 11 is 3.37. The molecule has 0 aliphatic carbocycles. The molecule has 0 atom stereocenters. The van der Waals surface area contributed by atoms with Crippen LogP contribution in [0.25, 0.3) is 0 Å². The van der Waals surface area contributed by atoms with E-state index in [-0.39, 0.29) is 13.2 Å². The Morgan fingerprint density at radius 2 is 1.62 bits per heavy atom. The number of rotatable bonds is 4. The third-order valence-electron chi connectivity index (χ3n) is 1.93. The van der Waals surface area contributed by atoms with E-state index in [0.29, 0.717) is 12.8 Å². The van der Waals surface area contributed by atoms with Gasteiger partial charge in [-0.05, 0) is 36.1 Å². The van der Waals surface area contributed by atoms with Gasteiger partial charge in [-0.25, -0.2) is 0 Å². The van der Waals surface area contributed by atoms with Gasteiger partial charge in [-0.3, -0.25) is 0 Å². The summed E-state index contributed by atoms with van der Waals surface area (Å²) in [5.41, 5.74) is 2.21. The molecule has 0 aliphatic rings. The monoisotopic (exact) mass is 244 g/mol. The number of aliphatic hydroxyl groups excluding tert-OH is 2. The van der Waals surface area contributed by atoms with Crippen molar-refractivity contribution < 1.29 is 10.2 Å². The zero-order valence-electron chi connectivity index (χ0n) is 7.33. The Balaban J connectivity index is 2.89. The normalized spacial score (nSPS) is 10.4. The largest absolute Gasteiger partial charge is 0.396 e. The quantitative estimate of drug-likeness (QED) is 0.844.